The Morgan fingerprint density at radius 2 is 1.77 bits per heavy atom. The Bertz CT molecular complexity index is 586. The van der Waals surface area contributed by atoms with Crippen LogP contribution in [0.2, 0.25) is 0 Å². The maximum atomic E-state index is 12.0. The second kappa shape index (κ2) is 10.4. The number of thioether (sulfide) groups is 1. The number of urea groups is 1. The molecule has 7 heteroatoms. The molecule has 3 N–H and O–H groups in total. The zero-order chi connectivity index (χ0) is 18.9. The number of hydrogen-bond donors (Lipinski definition) is 3. The molecule has 2 rings (SSSR count). The lowest BCUT2D eigenvalue weighted by Crippen LogP contribution is -2.47. The number of carbonyl (C=O) groups excluding carboxylic acids is 2. The molecule has 26 heavy (non-hydrogen) atoms. The molecule has 0 radical (unpaired) electrons. The fraction of sp³-hybridized carbons (Fsp3) is 0.579. The van der Waals surface area contributed by atoms with Crippen molar-refractivity contribution in [2.45, 2.75) is 39.3 Å². The largest absolute Gasteiger partial charge is 0.374 e. The number of nitrogens with zero attached hydrogens (tertiary/aromatic N) is 1. The second-order valence-corrected chi connectivity index (χ2v) is 8.11. The quantitative estimate of drug-likeness (QED) is 0.679. The minimum atomic E-state index is -0.496. The molecule has 0 aliphatic carbocycles. The van der Waals surface area contributed by atoms with Crippen LogP contribution in [0.4, 0.5) is 10.5 Å². The van der Waals surface area contributed by atoms with E-state index in [4.69, 9.17) is 0 Å². The summed E-state index contributed by atoms with van der Waals surface area (Å²) in [7, 11) is 0. The second-order valence-electron chi connectivity index (χ2n) is 6.88. The summed E-state index contributed by atoms with van der Waals surface area (Å²) in [5.74, 6) is 2.12. The number of hydrogen-bond acceptors (Lipinski definition) is 5. The fourth-order valence-electron chi connectivity index (χ4n) is 2.71. The Morgan fingerprint density at radius 3 is 2.38 bits per heavy atom. The Balaban J connectivity index is 1.76. The van der Waals surface area contributed by atoms with E-state index in [0.717, 1.165) is 18.7 Å². The predicted molar refractivity (Wildman–Crippen MR) is 109 cm³/mol. The summed E-state index contributed by atoms with van der Waals surface area (Å²) in [5.41, 5.74) is 2.16. The van der Waals surface area contributed by atoms with Crippen LogP contribution in [0.15, 0.2) is 24.3 Å². The van der Waals surface area contributed by atoms with Gasteiger partial charge in [-0.2, -0.15) is 11.8 Å². The highest BCUT2D eigenvalue weighted by Gasteiger charge is 2.16. The van der Waals surface area contributed by atoms with E-state index in [9.17, 15) is 9.59 Å². The van der Waals surface area contributed by atoms with Crippen LogP contribution in [0.1, 0.15) is 26.3 Å². The van der Waals surface area contributed by atoms with Crippen molar-refractivity contribution < 1.29 is 9.59 Å². The molecular weight excluding hydrogens is 348 g/mol. The van der Waals surface area contributed by atoms with Gasteiger partial charge in [-0.25, -0.2) is 4.79 Å². The van der Waals surface area contributed by atoms with Crippen molar-refractivity contribution in [1.29, 1.82) is 0 Å². The molecule has 0 aromatic heterocycles. The summed E-state index contributed by atoms with van der Waals surface area (Å²) < 4.78 is 0. The van der Waals surface area contributed by atoms with Gasteiger partial charge >= 0.3 is 6.03 Å². The van der Waals surface area contributed by atoms with Crippen molar-refractivity contribution in [1.82, 2.24) is 15.5 Å². The normalized spacial score (nSPS) is 16.2. The summed E-state index contributed by atoms with van der Waals surface area (Å²) in [5, 5.41) is 8.11. The van der Waals surface area contributed by atoms with Gasteiger partial charge in [0, 0.05) is 42.9 Å². The first-order valence-electron chi connectivity index (χ1n) is 9.21. The van der Waals surface area contributed by atoms with E-state index in [2.05, 4.69) is 33.0 Å². The van der Waals surface area contributed by atoms with Crippen molar-refractivity contribution in [3.05, 3.63) is 29.8 Å². The minimum Gasteiger partial charge on any atom is -0.374 e. The van der Waals surface area contributed by atoms with Gasteiger partial charge in [-0.15, -0.1) is 0 Å². The Labute approximate surface area is 160 Å². The van der Waals surface area contributed by atoms with E-state index in [1.54, 1.807) is 6.92 Å². The first-order valence-corrected chi connectivity index (χ1v) is 10.4. The van der Waals surface area contributed by atoms with E-state index in [-0.39, 0.29) is 11.9 Å². The van der Waals surface area contributed by atoms with Crippen molar-refractivity contribution >= 4 is 29.4 Å². The molecule has 1 fully saturated rings. The van der Waals surface area contributed by atoms with Gasteiger partial charge in [-0.1, -0.05) is 12.1 Å². The lowest BCUT2D eigenvalue weighted by molar-refractivity contribution is -0.120. The Kier molecular flexibility index (Phi) is 8.25. The van der Waals surface area contributed by atoms with Gasteiger partial charge < -0.3 is 15.5 Å². The number of rotatable bonds is 7. The van der Waals surface area contributed by atoms with Gasteiger partial charge in [0.05, 0.1) is 0 Å². The average molecular weight is 379 g/mol. The number of anilines is 1. The van der Waals surface area contributed by atoms with E-state index in [0.29, 0.717) is 0 Å². The molecule has 1 aromatic carbocycles. The van der Waals surface area contributed by atoms with Gasteiger partial charge in [-0.05, 0) is 44.9 Å². The molecule has 6 nitrogen and oxygen atoms in total. The van der Waals surface area contributed by atoms with Crippen LogP contribution in [-0.4, -0.2) is 60.1 Å². The molecule has 0 bridgehead atoms. The molecule has 1 saturated heterocycles. The van der Waals surface area contributed by atoms with Crippen LogP contribution >= 0.6 is 11.8 Å². The van der Waals surface area contributed by atoms with Gasteiger partial charge in [0.25, 0.3) is 0 Å². The first-order chi connectivity index (χ1) is 12.4. The molecule has 3 amide bonds. The number of nitrogens with one attached hydrogen (secondary N) is 3. The van der Waals surface area contributed by atoms with E-state index >= 15 is 0 Å². The lowest BCUT2D eigenvalue weighted by Gasteiger charge is -2.26. The Hall–Kier alpha value is -1.73. The topological polar surface area (TPSA) is 73.5 Å². The predicted octanol–water partition coefficient (Wildman–Crippen LogP) is 2.31. The van der Waals surface area contributed by atoms with E-state index < -0.39 is 12.1 Å². The first kappa shape index (κ1) is 20.6. The highest BCUT2D eigenvalue weighted by molar-refractivity contribution is 7.99. The lowest BCUT2D eigenvalue weighted by atomic mass is 10.1. The molecular formula is C19H30N4O2S. The van der Waals surface area contributed by atoms with Gasteiger partial charge in [0.1, 0.15) is 6.04 Å². The maximum Gasteiger partial charge on any atom is 0.321 e. The highest BCUT2D eigenvalue weighted by Crippen LogP contribution is 2.13. The Morgan fingerprint density at radius 1 is 1.12 bits per heavy atom. The monoisotopic (exact) mass is 378 g/mol. The molecule has 1 atom stereocenters. The number of imide groups is 1. The zero-order valence-electron chi connectivity index (χ0n) is 15.9. The van der Waals surface area contributed by atoms with Gasteiger partial charge in [-0.3, -0.25) is 10.1 Å². The summed E-state index contributed by atoms with van der Waals surface area (Å²) >= 11 is 2.03. The van der Waals surface area contributed by atoms with Gasteiger partial charge in [0.15, 0.2) is 0 Å². The summed E-state index contributed by atoms with van der Waals surface area (Å²) in [6.07, 6.45) is 1.04. The van der Waals surface area contributed by atoms with E-state index in [1.165, 1.54) is 30.2 Å². The third kappa shape index (κ3) is 7.25. The number of amides is 3. The van der Waals surface area contributed by atoms with Crippen molar-refractivity contribution in [3.63, 3.8) is 0 Å². The fourth-order valence-corrected chi connectivity index (χ4v) is 3.69. The molecule has 144 valence electrons. The van der Waals surface area contributed by atoms with Gasteiger partial charge in [0.2, 0.25) is 5.91 Å². The van der Waals surface area contributed by atoms with Crippen molar-refractivity contribution in [3.8, 4) is 0 Å². The maximum absolute atomic E-state index is 12.0. The van der Waals surface area contributed by atoms with E-state index in [1.807, 2.05) is 37.7 Å². The molecule has 1 aliphatic rings. The van der Waals surface area contributed by atoms with Crippen LogP contribution in [0, 0.1) is 0 Å². The van der Waals surface area contributed by atoms with Crippen LogP contribution in [0.3, 0.4) is 0 Å². The molecule has 0 unspecified atom stereocenters. The standard InChI is InChI=1S/C19H30N4O2S/c1-14(2)20-19(25)22-18(24)15(3)21-17-6-4-16(5-7-17)8-9-23-10-12-26-13-11-23/h4-7,14-15,21H,8-13H2,1-3H3,(H2,20,22,24,25)/t15-/m1/s1. The molecule has 1 aromatic rings. The smallest absolute Gasteiger partial charge is 0.321 e. The molecule has 1 heterocycles. The third-order valence-electron chi connectivity index (χ3n) is 4.21. The summed E-state index contributed by atoms with van der Waals surface area (Å²) in [4.78, 5) is 26.1. The highest BCUT2D eigenvalue weighted by atomic mass is 32.2. The SMILES string of the molecule is CC(C)NC(=O)NC(=O)[C@@H](C)Nc1ccc(CCN2CCSCC2)cc1. The summed E-state index contributed by atoms with van der Waals surface area (Å²) in [6, 6.07) is 7.18. The third-order valence-corrected chi connectivity index (χ3v) is 5.15. The molecule has 0 saturated carbocycles. The van der Waals surface area contributed by atoms with Crippen LogP contribution in [0.25, 0.3) is 0 Å². The van der Waals surface area contributed by atoms with Crippen LogP contribution in [0.5, 0.6) is 0 Å². The summed E-state index contributed by atoms with van der Waals surface area (Å²) in [6.45, 7) is 8.88. The van der Waals surface area contributed by atoms with Crippen molar-refractivity contribution in [2.24, 2.45) is 0 Å². The van der Waals surface area contributed by atoms with Crippen LogP contribution < -0.4 is 16.0 Å². The average Bonchev–Trinajstić information content (AvgIpc) is 2.61. The number of benzene rings is 1. The molecule has 0 spiro atoms. The minimum absolute atomic E-state index is 0.0118. The zero-order valence-corrected chi connectivity index (χ0v) is 16.7. The van der Waals surface area contributed by atoms with Crippen molar-refractivity contribution in [2.75, 3.05) is 36.5 Å². The number of carbonyl (C=O) groups is 2. The molecule has 1 aliphatic heterocycles. The van der Waals surface area contributed by atoms with Crippen LogP contribution in [-0.2, 0) is 11.2 Å².